The number of amides is 2. The molecule has 0 aliphatic carbocycles. The van der Waals surface area contributed by atoms with Crippen molar-refractivity contribution < 1.29 is 9.59 Å². The molecule has 0 bridgehead atoms. The van der Waals surface area contributed by atoms with Crippen LogP contribution in [0.25, 0.3) is 0 Å². The van der Waals surface area contributed by atoms with Crippen molar-refractivity contribution in [1.29, 1.82) is 0 Å². The molecular formula is C16H31N3O2. The van der Waals surface area contributed by atoms with Crippen LogP contribution in [0.1, 0.15) is 60.3 Å². The third kappa shape index (κ3) is 4.43. The molecule has 1 saturated heterocycles. The lowest BCUT2D eigenvalue weighted by Gasteiger charge is -2.42. The molecule has 0 aromatic carbocycles. The van der Waals surface area contributed by atoms with E-state index in [0.29, 0.717) is 19.5 Å². The molecule has 2 amide bonds. The number of nitrogens with one attached hydrogen (secondary N) is 1. The summed E-state index contributed by atoms with van der Waals surface area (Å²) >= 11 is 0. The van der Waals surface area contributed by atoms with Crippen LogP contribution in [0.4, 0.5) is 0 Å². The fraction of sp³-hybridized carbons (Fsp3) is 0.875. The van der Waals surface area contributed by atoms with Crippen molar-refractivity contribution in [1.82, 2.24) is 10.2 Å². The molecular weight excluding hydrogens is 266 g/mol. The van der Waals surface area contributed by atoms with E-state index in [0.717, 1.165) is 19.3 Å². The summed E-state index contributed by atoms with van der Waals surface area (Å²) in [5, 5.41) is 3.05. The fourth-order valence-electron chi connectivity index (χ4n) is 2.42. The molecule has 1 rings (SSSR count). The van der Waals surface area contributed by atoms with Crippen LogP contribution < -0.4 is 11.1 Å². The predicted molar refractivity (Wildman–Crippen MR) is 84.7 cm³/mol. The number of carbonyl (C=O) groups is 2. The minimum absolute atomic E-state index is 0.105. The number of nitrogens with two attached hydrogens (primary N) is 1. The van der Waals surface area contributed by atoms with E-state index in [1.165, 1.54) is 0 Å². The van der Waals surface area contributed by atoms with Crippen molar-refractivity contribution in [2.24, 2.45) is 11.1 Å². The summed E-state index contributed by atoms with van der Waals surface area (Å²) in [6.07, 6.45) is 3.08. The second-order valence-electron chi connectivity index (χ2n) is 7.23. The molecule has 1 aliphatic rings. The maximum Gasteiger partial charge on any atom is 0.230 e. The van der Waals surface area contributed by atoms with Crippen LogP contribution in [0.5, 0.6) is 0 Å². The van der Waals surface area contributed by atoms with E-state index in [9.17, 15) is 9.59 Å². The van der Waals surface area contributed by atoms with E-state index in [2.05, 4.69) is 5.32 Å². The van der Waals surface area contributed by atoms with E-state index in [4.69, 9.17) is 5.73 Å². The molecule has 1 aliphatic heterocycles. The number of carbonyl (C=O) groups excluding carboxylic acids is 2. The number of nitrogens with zero attached hydrogens (tertiary/aromatic N) is 1. The van der Waals surface area contributed by atoms with Gasteiger partial charge in [-0.15, -0.1) is 0 Å². The van der Waals surface area contributed by atoms with Crippen molar-refractivity contribution in [3.63, 3.8) is 0 Å². The molecule has 0 aromatic heterocycles. The second-order valence-corrected chi connectivity index (χ2v) is 7.23. The van der Waals surface area contributed by atoms with Gasteiger partial charge in [0.1, 0.15) is 0 Å². The van der Waals surface area contributed by atoms with Crippen LogP contribution >= 0.6 is 0 Å². The predicted octanol–water partition coefficient (Wildman–Crippen LogP) is 1.66. The summed E-state index contributed by atoms with van der Waals surface area (Å²) in [5.41, 5.74) is 4.99. The van der Waals surface area contributed by atoms with Gasteiger partial charge in [0.15, 0.2) is 0 Å². The van der Waals surface area contributed by atoms with E-state index >= 15 is 0 Å². The highest BCUT2D eigenvalue weighted by Gasteiger charge is 2.43. The Balaban J connectivity index is 2.53. The molecule has 0 atom stereocenters. The van der Waals surface area contributed by atoms with Crippen LogP contribution in [0.15, 0.2) is 0 Å². The van der Waals surface area contributed by atoms with E-state index in [1.807, 2.05) is 39.5 Å². The Morgan fingerprint density at radius 2 is 1.71 bits per heavy atom. The molecule has 1 heterocycles. The zero-order chi connectivity index (χ0) is 16.3. The first-order valence-corrected chi connectivity index (χ1v) is 7.97. The summed E-state index contributed by atoms with van der Waals surface area (Å²) < 4.78 is 0. The minimum Gasteiger partial charge on any atom is -0.353 e. The third-order valence-electron chi connectivity index (χ3n) is 4.77. The van der Waals surface area contributed by atoms with E-state index in [-0.39, 0.29) is 17.9 Å². The van der Waals surface area contributed by atoms with Gasteiger partial charge in [-0.05, 0) is 47.0 Å². The first kappa shape index (κ1) is 18.0. The van der Waals surface area contributed by atoms with Crippen molar-refractivity contribution in [3.05, 3.63) is 0 Å². The summed E-state index contributed by atoms with van der Waals surface area (Å²) in [6, 6.07) is 0.196. The third-order valence-corrected chi connectivity index (χ3v) is 4.77. The molecule has 0 radical (unpaired) electrons. The first-order valence-electron chi connectivity index (χ1n) is 7.97. The number of piperidine rings is 1. The van der Waals surface area contributed by atoms with Crippen LogP contribution in [-0.2, 0) is 9.59 Å². The standard InChI is InChI=1S/C16H31N3O2/c1-6-7-13(20)18-12-8-10-19(11-9-12)14(21)15(2,3)16(4,5)17/h12H,6-11,17H2,1-5H3,(H,18,20). The number of rotatable bonds is 5. The Kier molecular flexibility index (Phi) is 5.79. The second kappa shape index (κ2) is 6.77. The summed E-state index contributed by atoms with van der Waals surface area (Å²) in [4.78, 5) is 26.2. The summed E-state index contributed by atoms with van der Waals surface area (Å²) in [5.74, 6) is 0.221. The highest BCUT2D eigenvalue weighted by molar-refractivity contribution is 5.83. The van der Waals surface area contributed by atoms with Crippen LogP contribution in [0.2, 0.25) is 0 Å². The van der Waals surface area contributed by atoms with Gasteiger partial charge in [-0.2, -0.15) is 0 Å². The Bertz CT molecular complexity index is 377. The Morgan fingerprint density at radius 3 is 2.14 bits per heavy atom. The smallest absolute Gasteiger partial charge is 0.230 e. The highest BCUT2D eigenvalue weighted by Crippen LogP contribution is 2.31. The molecule has 5 nitrogen and oxygen atoms in total. The van der Waals surface area contributed by atoms with Gasteiger partial charge in [-0.3, -0.25) is 9.59 Å². The van der Waals surface area contributed by atoms with Gasteiger partial charge in [0.2, 0.25) is 11.8 Å². The Labute approximate surface area is 128 Å². The van der Waals surface area contributed by atoms with Crippen molar-refractivity contribution in [3.8, 4) is 0 Å². The van der Waals surface area contributed by atoms with Gasteiger partial charge in [-0.25, -0.2) is 0 Å². The van der Waals surface area contributed by atoms with Crippen molar-refractivity contribution in [2.45, 2.75) is 71.9 Å². The lowest BCUT2D eigenvalue weighted by molar-refractivity contribution is -0.144. The Morgan fingerprint density at radius 1 is 1.19 bits per heavy atom. The maximum atomic E-state index is 12.7. The van der Waals surface area contributed by atoms with Crippen LogP contribution in [0.3, 0.4) is 0 Å². The normalized spacial score (nSPS) is 17.7. The monoisotopic (exact) mass is 297 g/mol. The van der Waals surface area contributed by atoms with Crippen LogP contribution in [-0.4, -0.2) is 41.4 Å². The minimum atomic E-state index is -0.592. The van der Waals surface area contributed by atoms with Gasteiger partial charge in [0, 0.05) is 31.1 Å². The lowest BCUT2D eigenvalue weighted by Crippen LogP contribution is -2.58. The largest absolute Gasteiger partial charge is 0.353 e. The average molecular weight is 297 g/mol. The number of hydrogen-bond acceptors (Lipinski definition) is 3. The van der Waals surface area contributed by atoms with Crippen molar-refractivity contribution >= 4 is 11.8 Å². The fourth-order valence-corrected chi connectivity index (χ4v) is 2.42. The SMILES string of the molecule is CCCC(=O)NC1CCN(C(=O)C(C)(C)C(C)(C)N)CC1. The lowest BCUT2D eigenvalue weighted by atomic mass is 9.74. The molecule has 5 heteroatoms. The van der Waals surface area contributed by atoms with Gasteiger partial charge in [0.25, 0.3) is 0 Å². The number of likely N-dealkylation sites (tertiary alicyclic amines) is 1. The van der Waals surface area contributed by atoms with Gasteiger partial charge in [-0.1, -0.05) is 6.92 Å². The van der Waals surface area contributed by atoms with Crippen LogP contribution in [0, 0.1) is 5.41 Å². The first-order chi connectivity index (χ1) is 9.59. The molecule has 122 valence electrons. The number of hydrogen-bond donors (Lipinski definition) is 2. The quantitative estimate of drug-likeness (QED) is 0.810. The molecule has 0 aromatic rings. The molecule has 0 saturated carbocycles. The molecule has 21 heavy (non-hydrogen) atoms. The zero-order valence-electron chi connectivity index (χ0n) is 14.2. The Hall–Kier alpha value is -1.10. The van der Waals surface area contributed by atoms with E-state index in [1.54, 1.807) is 0 Å². The molecule has 0 unspecified atom stereocenters. The van der Waals surface area contributed by atoms with Gasteiger partial charge in [0.05, 0.1) is 5.41 Å². The molecule has 1 fully saturated rings. The molecule has 0 spiro atoms. The van der Waals surface area contributed by atoms with E-state index < -0.39 is 11.0 Å². The summed E-state index contributed by atoms with van der Waals surface area (Å²) in [7, 11) is 0. The van der Waals surface area contributed by atoms with Crippen molar-refractivity contribution in [2.75, 3.05) is 13.1 Å². The summed E-state index contributed by atoms with van der Waals surface area (Å²) in [6.45, 7) is 11.0. The maximum absolute atomic E-state index is 12.7. The van der Waals surface area contributed by atoms with Gasteiger partial charge >= 0.3 is 0 Å². The average Bonchev–Trinajstić information content (AvgIpc) is 2.37. The zero-order valence-corrected chi connectivity index (χ0v) is 14.2. The molecule has 3 N–H and O–H groups in total. The van der Waals surface area contributed by atoms with Gasteiger partial charge < -0.3 is 16.0 Å². The topological polar surface area (TPSA) is 75.4 Å². The highest BCUT2D eigenvalue weighted by atomic mass is 16.2.